The molecule has 1 fully saturated rings. The van der Waals surface area contributed by atoms with Crippen LogP contribution in [0.1, 0.15) is 57.2 Å². The minimum Gasteiger partial charge on any atom is -0.425 e. The Hall–Kier alpha value is -0.900. The summed E-state index contributed by atoms with van der Waals surface area (Å²) in [5.74, 6) is 2.43. The summed E-state index contributed by atoms with van der Waals surface area (Å²) in [6, 6.07) is 0. The minimum absolute atomic E-state index is 0.782. The standard InChI is InChI=1S/C14H25N3O/c1-2-9-15-10-5-8-13-16-17-14(18-13)11-12-6-3-4-7-12/h12,15H,2-11H2,1H3. The molecule has 1 aliphatic rings. The molecule has 1 aromatic rings. The lowest BCUT2D eigenvalue weighted by molar-refractivity contribution is 0.404. The van der Waals surface area contributed by atoms with E-state index in [9.17, 15) is 0 Å². The molecule has 0 unspecified atom stereocenters. The van der Waals surface area contributed by atoms with E-state index in [4.69, 9.17) is 4.42 Å². The van der Waals surface area contributed by atoms with Crippen molar-refractivity contribution in [2.75, 3.05) is 13.1 Å². The maximum absolute atomic E-state index is 5.70. The predicted molar refractivity (Wildman–Crippen MR) is 71.4 cm³/mol. The van der Waals surface area contributed by atoms with Crippen LogP contribution in [0.25, 0.3) is 0 Å². The highest BCUT2D eigenvalue weighted by atomic mass is 16.4. The number of nitrogens with one attached hydrogen (secondary N) is 1. The Morgan fingerprint density at radius 1 is 1.17 bits per heavy atom. The molecule has 0 aliphatic heterocycles. The second-order valence-corrected chi connectivity index (χ2v) is 5.30. The van der Waals surface area contributed by atoms with Crippen LogP contribution in [0.15, 0.2) is 4.42 Å². The van der Waals surface area contributed by atoms with Gasteiger partial charge in [0.15, 0.2) is 0 Å². The Balaban J connectivity index is 1.65. The maximum Gasteiger partial charge on any atom is 0.216 e. The van der Waals surface area contributed by atoms with Gasteiger partial charge in [0, 0.05) is 12.8 Å². The van der Waals surface area contributed by atoms with Crippen LogP contribution in [0.3, 0.4) is 0 Å². The normalized spacial score (nSPS) is 16.5. The molecule has 0 atom stereocenters. The molecule has 1 aromatic heterocycles. The van der Waals surface area contributed by atoms with Crippen molar-refractivity contribution in [2.24, 2.45) is 5.92 Å². The number of aromatic nitrogens is 2. The van der Waals surface area contributed by atoms with Gasteiger partial charge in [-0.1, -0.05) is 19.8 Å². The van der Waals surface area contributed by atoms with Crippen molar-refractivity contribution in [3.8, 4) is 0 Å². The van der Waals surface area contributed by atoms with Gasteiger partial charge < -0.3 is 9.73 Å². The Morgan fingerprint density at radius 3 is 2.72 bits per heavy atom. The average molecular weight is 251 g/mol. The van der Waals surface area contributed by atoms with Crippen LogP contribution in [0.5, 0.6) is 0 Å². The molecule has 4 heteroatoms. The molecule has 1 N–H and O–H groups in total. The first-order chi connectivity index (χ1) is 8.88. The summed E-state index contributed by atoms with van der Waals surface area (Å²) in [4.78, 5) is 0. The monoisotopic (exact) mass is 251 g/mol. The number of nitrogens with zero attached hydrogens (tertiary/aromatic N) is 2. The molecule has 1 aliphatic carbocycles. The Kier molecular flexibility index (Phi) is 5.65. The lowest BCUT2D eigenvalue weighted by atomic mass is 10.0. The van der Waals surface area contributed by atoms with Gasteiger partial charge in [-0.05, 0) is 44.7 Å². The van der Waals surface area contributed by atoms with Gasteiger partial charge in [0.2, 0.25) is 11.8 Å². The zero-order chi connectivity index (χ0) is 12.6. The van der Waals surface area contributed by atoms with E-state index in [-0.39, 0.29) is 0 Å². The topological polar surface area (TPSA) is 51.0 Å². The lowest BCUT2D eigenvalue weighted by Gasteiger charge is -2.03. The van der Waals surface area contributed by atoms with Crippen molar-refractivity contribution >= 4 is 0 Å². The summed E-state index contributed by atoms with van der Waals surface area (Å²) in [7, 11) is 0. The molecule has 102 valence electrons. The van der Waals surface area contributed by atoms with Gasteiger partial charge in [-0.15, -0.1) is 10.2 Å². The molecule has 4 nitrogen and oxygen atoms in total. The molecule has 0 saturated heterocycles. The average Bonchev–Trinajstić information content (AvgIpc) is 3.02. The summed E-state index contributed by atoms with van der Waals surface area (Å²) in [6.07, 6.45) is 9.55. The van der Waals surface area contributed by atoms with Crippen LogP contribution < -0.4 is 5.32 Å². The van der Waals surface area contributed by atoms with E-state index in [0.717, 1.165) is 50.1 Å². The van der Waals surface area contributed by atoms with Crippen molar-refractivity contribution in [1.29, 1.82) is 0 Å². The van der Waals surface area contributed by atoms with Crippen LogP contribution in [0.2, 0.25) is 0 Å². The van der Waals surface area contributed by atoms with E-state index in [2.05, 4.69) is 22.4 Å². The number of hydrogen-bond donors (Lipinski definition) is 1. The molecule has 0 aromatic carbocycles. The summed E-state index contributed by atoms with van der Waals surface area (Å²) < 4.78 is 5.70. The van der Waals surface area contributed by atoms with Gasteiger partial charge in [-0.25, -0.2) is 0 Å². The Bertz CT molecular complexity index is 332. The molecule has 1 saturated carbocycles. The molecule has 0 bridgehead atoms. The van der Waals surface area contributed by atoms with Gasteiger partial charge in [-0.2, -0.15) is 0 Å². The van der Waals surface area contributed by atoms with E-state index in [0.29, 0.717) is 0 Å². The first-order valence-corrected chi connectivity index (χ1v) is 7.40. The summed E-state index contributed by atoms with van der Waals surface area (Å²) in [5.41, 5.74) is 0. The van der Waals surface area contributed by atoms with Crippen molar-refractivity contribution in [3.05, 3.63) is 11.8 Å². The summed E-state index contributed by atoms with van der Waals surface area (Å²) >= 11 is 0. The van der Waals surface area contributed by atoms with Gasteiger partial charge in [0.1, 0.15) is 0 Å². The fourth-order valence-corrected chi connectivity index (χ4v) is 2.60. The Labute approximate surface area is 110 Å². The van der Waals surface area contributed by atoms with Crippen LogP contribution in [-0.2, 0) is 12.8 Å². The van der Waals surface area contributed by atoms with Crippen LogP contribution in [0, 0.1) is 5.92 Å². The number of hydrogen-bond acceptors (Lipinski definition) is 4. The molecular weight excluding hydrogens is 226 g/mol. The quantitative estimate of drug-likeness (QED) is 0.722. The second-order valence-electron chi connectivity index (χ2n) is 5.30. The SMILES string of the molecule is CCCNCCCc1nnc(CC2CCCC2)o1. The molecule has 2 rings (SSSR count). The Morgan fingerprint density at radius 2 is 1.94 bits per heavy atom. The molecule has 0 amide bonds. The van der Waals surface area contributed by atoms with Crippen molar-refractivity contribution in [2.45, 2.75) is 58.3 Å². The second kappa shape index (κ2) is 7.52. The highest BCUT2D eigenvalue weighted by Crippen LogP contribution is 2.27. The third kappa shape index (κ3) is 4.41. The van der Waals surface area contributed by atoms with Gasteiger partial charge >= 0.3 is 0 Å². The first-order valence-electron chi connectivity index (χ1n) is 7.40. The van der Waals surface area contributed by atoms with Crippen LogP contribution in [-0.4, -0.2) is 23.3 Å². The van der Waals surface area contributed by atoms with Crippen LogP contribution in [0.4, 0.5) is 0 Å². The molecule has 1 heterocycles. The van der Waals surface area contributed by atoms with Crippen molar-refractivity contribution in [1.82, 2.24) is 15.5 Å². The highest BCUT2D eigenvalue weighted by molar-refractivity contribution is 4.86. The molecule has 0 radical (unpaired) electrons. The summed E-state index contributed by atoms with van der Waals surface area (Å²) in [6.45, 7) is 4.31. The highest BCUT2D eigenvalue weighted by Gasteiger charge is 2.18. The van der Waals surface area contributed by atoms with E-state index in [1.165, 1.54) is 32.1 Å². The number of rotatable bonds is 8. The van der Waals surface area contributed by atoms with E-state index < -0.39 is 0 Å². The van der Waals surface area contributed by atoms with Crippen molar-refractivity contribution in [3.63, 3.8) is 0 Å². The van der Waals surface area contributed by atoms with Crippen LogP contribution >= 0.6 is 0 Å². The smallest absolute Gasteiger partial charge is 0.216 e. The third-order valence-electron chi connectivity index (χ3n) is 3.62. The van der Waals surface area contributed by atoms with E-state index >= 15 is 0 Å². The van der Waals surface area contributed by atoms with E-state index in [1.54, 1.807) is 0 Å². The zero-order valence-electron chi connectivity index (χ0n) is 11.5. The summed E-state index contributed by atoms with van der Waals surface area (Å²) in [5, 5.41) is 11.7. The number of aryl methyl sites for hydroxylation is 1. The zero-order valence-corrected chi connectivity index (χ0v) is 11.5. The van der Waals surface area contributed by atoms with Gasteiger partial charge in [0.05, 0.1) is 0 Å². The molecule has 18 heavy (non-hydrogen) atoms. The van der Waals surface area contributed by atoms with Gasteiger partial charge in [-0.3, -0.25) is 0 Å². The lowest BCUT2D eigenvalue weighted by Crippen LogP contribution is -2.16. The molecular formula is C14H25N3O. The fourth-order valence-electron chi connectivity index (χ4n) is 2.60. The first kappa shape index (κ1) is 13.5. The van der Waals surface area contributed by atoms with Crippen molar-refractivity contribution < 1.29 is 4.42 Å². The van der Waals surface area contributed by atoms with E-state index in [1.807, 2.05) is 0 Å². The third-order valence-corrected chi connectivity index (χ3v) is 3.62. The maximum atomic E-state index is 5.70. The molecule has 0 spiro atoms. The van der Waals surface area contributed by atoms with Gasteiger partial charge in [0.25, 0.3) is 0 Å². The predicted octanol–water partition coefficient (Wildman–Crippen LogP) is 2.73. The largest absolute Gasteiger partial charge is 0.425 e. The minimum atomic E-state index is 0.782. The fraction of sp³-hybridized carbons (Fsp3) is 0.857.